The Morgan fingerprint density at radius 1 is 1.38 bits per heavy atom. The van der Waals surface area contributed by atoms with Gasteiger partial charge >= 0.3 is 0 Å². The van der Waals surface area contributed by atoms with Gasteiger partial charge in [0.1, 0.15) is 5.76 Å². The number of aryl methyl sites for hydroxylation is 2. The fraction of sp³-hybridized carbons (Fsp3) is 0.263. The quantitative estimate of drug-likeness (QED) is 0.678. The molecule has 0 saturated heterocycles. The van der Waals surface area contributed by atoms with Gasteiger partial charge in [0.05, 0.1) is 23.9 Å². The van der Waals surface area contributed by atoms with Crippen LogP contribution in [-0.2, 0) is 10.4 Å². The average molecular weight is 325 g/mol. The van der Waals surface area contributed by atoms with E-state index in [1.807, 2.05) is 0 Å². The summed E-state index contributed by atoms with van der Waals surface area (Å²) in [6, 6.07) is 6.97. The first-order valence-electron chi connectivity index (χ1n) is 7.72. The number of aliphatic hydroxyl groups is 1. The van der Waals surface area contributed by atoms with Gasteiger partial charge < -0.3 is 14.4 Å². The molecular formula is C19H19NO4. The van der Waals surface area contributed by atoms with E-state index in [9.17, 15) is 14.7 Å². The number of anilines is 1. The molecule has 124 valence electrons. The SMILES string of the molecule is C=CCN1C(=O)C(O)(CC(=O)c2c(C)coc2C)c2ccccc21. The lowest BCUT2D eigenvalue weighted by Gasteiger charge is -2.22. The molecule has 2 heterocycles. The number of Topliss-reactive ketones (excluding diaryl/α,β-unsaturated/α-hetero) is 1. The predicted octanol–water partition coefficient (Wildman–Crippen LogP) is 2.89. The zero-order chi connectivity index (χ0) is 17.5. The summed E-state index contributed by atoms with van der Waals surface area (Å²) in [5, 5.41) is 11.1. The molecule has 1 aliphatic rings. The van der Waals surface area contributed by atoms with E-state index in [0.29, 0.717) is 28.1 Å². The van der Waals surface area contributed by atoms with Gasteiger partial charge in [-0.15, -0.1) is 6.58 Å². The second-order valence-electron chi connectivity index (χ2n) is 6.03. The molecule has 0 saturated carbocycles. The molecule has 1 unspecified atom stereocenters. The number of furan rings is 1. The molecule has 1 aliphatic heterocycles. The van der Waals surface area contributed by atoms with Crippen LogP contribution in [-0.4, -0.2) is 23.3 Å². The van der Waals surface area contributed by atoms with Crippen LogP contribution in [0.25, 0.3) is 0 Å². The molecule has 0 fully saturated rings. The van der Waals surface area contributed by atoms with Crippen LogP contribution in [0.5, 0.6) is 0 Å². The highest BCUT2D eigenvalue weighted by Gasteiger charge is 2.50. The minimum Gasteiger partial charge on any atom is -0.469 e. The molecule has 1 atom stereocenters. The maximum atomic E-state index is 12.8. The molecule has 0 bridgehead atoms. The molecule has 3 rings (SSSR count). The lowest BCUT2D eigenvalue weighted by Crippen LogP contribution is -2.42. The van der Waals surface area contributed by atoms with E-state index < -0.39 is 11.5 Å². The summed E-state index contributed by atoms with van der Waals surface area (Å²) in [5.74, 6) is -0.330. The number of hydrogen-bond acceptors (Lipinski definition) is 4. The van der Waals surface area contributed by atoms with Gasteiger partial charge in [-0.3, -0.25) is 9.59 Å². The third-order valence-corrected chi connectivity index (χ3v) is 4.41. The maximum absolute atomic E-state index is 12.8. The van der Waals surface area contributed by atoms with E-state index in [2.05, 4.69) is 6.58 Å². The van der Waals surface area contributed by atoms with Crippen LogP contribution in [0.3, 0.4) is 0 Å². The Bertz CT molecular complexity index is 816. The van der Waals surface area contributed by atoms with Crippen molar-refractivity contribution < 1.29 is 19.1 Å². The summed E-state index contributed by atoms with van der Waals surface area (Å²) < 4.78 is 5.26. The van der Waals surface area contributed by atoms with Gasteiger partial charge in [-0.05, 0) is 25.5 Å². The molecule has 1 N–H and O–H groups in total. The number of ketones is 1. The summed E-state index contributed by atoms with van der Waals surface area (Å²) in [5.41, 5.74) is 0.313. The second kappa shape index (κ2) is 5.76. The Labute approximate surface area is 140 Å². The number of benzene rings is 1. The summed E-state index contributed by atoms with van der Waals surface area (Å²) in [7, 11) is 0. The van der Waals surface area contributed by atoms with Crippen LogP contribution in [0.2, 0.25) is 0 Å². The largest absolute Gasteiger partial charge is 0.469 e. The average Bonchev–Trinajstić information content (AvgIpc) is 2.99. The first-order valence-corrected chi connectivity index (χ1v) is 7.72. The zero-order valence-electron chi connectivity index (χ0n) is 13.7. The smallest absolute Gasteiger partial charge is 0.264 e. The molecular weight excluding hydrogens is 306 g/mol. The molecule has 0 radical (unpaired) electrons. The summed E-state index contributed by atoms with van der Waals surface area (Å²) >= 11 is 0. The van der Waals surface area contributed by atoms with Crippen LogP contribution < -0.4 is 4.90 Å². The molecule has 5 heteroatoms. The van der Waals surface area contributed by atoms with Gasteiger partial charge in [0, 0.05) is 12.1 Å². The molecule has 2 aromatic rings. The van der Waals surface area contributed by atoms with Crippen molar-refractivity contribution in [2.75, 3.05) is 11.4 Å². The van der Waals surface area contributed by atoms with Gasteiger partial charge in [0.15, 0.2) is 11.4 Å². The van der Waals surface area contributed by atoms with Crippen molar-refractivity contribution in [3.8, 4) is 0 Å². The number of rotatable bonds is 5. The molecule has 24 heavy (non-hydrogen) atoms. The molecule has 5 nitrogen and oxygen atoms in total. The highest BCUT2D eigenvalue weighted by atomic mass is 16.3. The first-order chi connectivity index (χ1) is 11.4. The summed E-state index contributed by atoms with van der Waals surface area (Å²) in [6.07, 6.45) is 2.77. The van der Waals surface area contributed by atoms with Crippen molar-refractivity contribution in [1.82, 2.24) is 0 Å². The minimum atomic E-state index is -1.87. The summed E-state index contributed by atoms with van der Waals surface area (Å²) in [6.45, 7) is 7.38. The number of amides is 1. The number of nitrogens with zero attached hydrogens (tertiary/aromatic N) is 1. The van der Waals surface area contributed by atoms with E-state index in [1.54, 1.807) is 44.2 Å². The van der Waals surface area contributed by atoms with Crippen molar-refractivity contribution in [2.24, 2.45) is 0 Å². The van der Waals surface area contributed by atoms with Crippen LogP contribution in [0.4, 0.5) is 5.69 Å². The topological polar surface area (TPSA) is 70.8 Å². The zero-order valence-corrected chi connectivity index (χ0v) is 13.7. The van der Waals surface area contributed by atoms with Gasteiger partial charge in [-0.2, -0.15) is 0 Å². The van der Waals surface area contributed by atoms with Crippen LogP contribution in [0.15, 0.2) is 47.6 Å². The highest BCUT2D eigenvalue weighted by molar-refractivity contribution is 6.11. The van der Waals surface area contributed by atoms with E-state index in [-0.39, 0.29) is 18.7 Å². The Morgan fingerprint density at radius 2 is 2.08 bits per heavy atom. The third-order valence-electron chi connectivity index (χ3n) is 4.41. The normalized spacial score (nSPS) is 19.5. The van der Waals surface area contributed by atoms with Crippen LogP contribution >= 0.6 is 0 Å². The second-order valence-corrected chi connectivity index (χ2v) is 6.03. The van der Waals surface area contributed by atoms with E-state index in [0.717, 1.165) is 0 Å². The first kappa shape index (κ1) is 16.2. The van der Waals surface area contributed by atoms with Gasteiger partial charge in [0.2, 0.25) is 0 Å². The van der Waals surface area contributed by atoms with Gasteiger partial charge in [-0.25, -0.2) is 0 Å². The van der Waals surface area contributed by atoms with Crippen molar-refractivity contribution in [2.45, 2.75) is 25.9 Å². The number of hydrogen-bond donors (Lipinski definition) is 1. The summed E-state index contributed by atoms with van der Waals surface area (Å²) in [4.78, 5) is 27.0. The monoisotopic (exact) mass is 325 g/mol. The number of carbonyl (C=O) groups excluding carboxylic acids is 2. The highest BCUT2D eigenvalue weighted by Crippen LogP contribution is 2.43. The lowest BCUT2D eigenvalue weighted by atomic mass is 9.87. The Hall–Kier alpha value is -2.66. The number of carbonyl (C=O) groups is 2. The number of para-hydroxylation sites is 1. The van der Waals surface area contributed by atoms with Gasteiger partial charge in [-0.1, -0.05) is 24.3 Å². The van der Waals surface area contributed by atoms with Crippen molar-refractivity contribution >= 4 is 17.4 Å². The standard InChI is InChI=1S/C19H19NO4/c1-4-9-20-15-8-6-5-7-14(15)19(23,18(20)22)10-16(21)17-12(2)11-24-13(17)3/h4-8,11,23H,1,9-10H2,2-3H3. The molecule has 1 aromatic heterocycles. The van der Waals surface area contributed by atoms with E-state index in [1.165, 1.54) is 11.2 Å². The Morgan fingerprint density at radius 3 is 2.71 bits per heavy atom. The maximum Gasteiger partial charge on any atom is 0.264 e. The van der Waals surface area contributed by atoms with Crippen LogP contribution in [0, 0.1) is 13.8 Å². The Balaban J connectivity index is 2.02. The van der Waals surface area contributed by atoms with E-state index in [4.69, 9.17) is 4.42 Å². The predicted molar refractivity (Wildman–Crippen MR) is 90.0 cm³/mol. The molecule has 0 aliphatic carbocycles. The lowest BCUT2D eigenvalue weighted by molar-refractivity contribution is -0.135. The molecule has 1 aromatic carbocycles. The van der Waals surface area contributed by atoms with Gasteiger partial charge in [0.25, 0.3) is 5.91 Å². The third kappa shape index (κ3) is 2.29. The Kier molecular flexibility index (Phi) is 3.89. The fourth-order valence-electron chi connectivity index (χ4n) is 3.30. The molecule has 0 spiro atoms. The fourth-order valence-corrected chi connectivity index (χ4v) is 3.30. The van der Waals surface area contributed by atoms with Crippen LogP contribution in [0.1, 0.15) is 33.7 Å². The molecule has 1 amide bonds. The van der Waals surface area contributed by atoms with Crippen molar-refractivity contribution in [3.63, 3.8) is 0 Å². The minimum absolute atomic E-state index is 0.274. The van der Waals surface area contributed by atoms with E-state index >= 15 is 0 Å². The van der Waals surface area contributed by atoms with Crippen molar-refractivity contribution in [3.05, 3.63) is 65.6 Å². The van der Waals surface area contributed by atoms with Crippen molar-refractivity contribution in [1.29, 1.82) is 0 Å². The number of fused-ring (bicyclic) bond motifs is 1.